The first kappa shape index (κ1) is 13.1. The van der Waals surface area contributed by atoms with Crippen LogP contribution in [0.15, 0.2) is 0 Å². The summed E-state index contributed by atoms with van der Waals surface area (Å²) in [7, 11) is 0. The van der Waals surface area contributed by atoms with Gasteiger partial charge < -0.3 is 4.90 Å². The second kappa shape index (κ2) is 5.08. The van der Waals surface area contributed by atoms with Gasteiger partial charge in [0.1, 0.15) is 0 Å². The van der Waals surface area contributed by atoms with Gasteiger partial charge in [0.2, 0.25) is 17.7 Å². The van der Waals surface area contributed by atoms with E-state index in [0.717, 1.165) is 19.5 Å². The first-order valence-corrected chi connectivity index (χ1v) is 6.61. The van der Waals surface area contributed by atoms with Crippen molar-refractivity contribution in [2.24, 2.45) is 11.8 Å². The summed E-state index contributed by atoms with van der Waals surface area (Å²) in [5, 5.41) is 0. The van der Waals surface area contributed by atoms with Gasteiger partial charge in [-0.2, -0.15) is 0 Å². The van der Waals surface area contributed by atoms with Crippen molar-refractivity contribution in [2.45, 2.75) is 33.1 Å². The van der Waals surface area contributed by atoms with Crippen LogP contribution in [0.25, 0.3) is 0 Å². The van der Waals surface area contributed by atoms with Crippen molar-refractivity contribution in [1.29, 1.82) is 0 Å². The lowest BCUT2D eigenvalue weighted by molar-refractivity contribution is -0.140. The molecule has 5 heteroatoms. The number of likely N-dealkylation sites (tertiary alicyclic amines) is 2. The lowest BCUT2D eigenvalue weighted by Crippen LogP contribution is -2.36. The predicted octanol–water partition coefficient (Wildman–Crippen LogP) is 0.640. The van der Waals surface area contributed by atoms with Crippen molar-refractivity contribution < 1.29 is 14.4 Å². The van der Waals surface area contributed by atoms with Gasteiger partial charge in [0.05, 0.1) is 0 Å². The molecule has 0 bridgehead atoms. The Balaban J connectivity index is 1.83. The van der Waals surface area contributed by atoms with E-state index in [0.29, 0.717) is 5.92 Å². The SMILES string of the molecule is CC1CC(=O)N(CCC(=O)N2CC[C@H](C)C2)C1=O. The van der Waals surface area contributed by atoms with Gasteiger partial charge in [-0.1, -0.05) is 13.8 Å². The number of carbonyl (C=O) groups is 3. The topological polar surface area (TPSA) is 57.7 Å². The molecule has 0 spiro atoms. The van der Waals surface area contributed by atoms with Gasteiger partial charge in [0.15, 0.2) is 0 Å². The Morgan fingerprint density at radius 1 is 1.33 bits per heavy atom. The summed E-state index contributed by atoms with van der Waals surface area (Å²) in [4.78, 5) is 38.2. The number of hydrogen-bond donors (Lipinski definition) is 0. The molecule has 100 valence electrons. The monoisotopic (exact) mass is 252 g/mol. The van der Waals surface area contributed by atoms with E-state index in [4.69, 9.17) is 0 Å². The minimum absolute atomic E-state index is 0.0551. The summed E-state index contributed by atoms with van der Waals surface area (Å²) >= 11 is 0. The van der Waals surface area contributed by atoms with Crippen LogP contribution in [0.1, 0.15) is 33.1 Å². The Morgan fingerprint density at radius 3 is 2.56 bits per heavy atom. The molecule has 0 aromatic rings. The maximum Gasteiger partial charge on any atom is 0.232 e. The van der Waals surface area contributed by atoms with Crippen LogP contribution in [0.5, 0.6) is 0 Å². The number of imide groups is 1. The second-order valence-corrected chi connectivity index (χ2v) is 5.47. The summed E-state index contributed by atoms with van der Waals surface area (Å²) in [5.41, 5.74) is 0. The molecule has 18 heavy (non-hydrogen) atoms. The Bertz CT molecular complexity index is 380. The zero-order valence-electron chi connectivity index (χ0n) is 11.0. The van der Waals surface area contributed by atoms with Crippen molar-refractivity contribution in [3.8, 4) is 0 Å². The molecule has 2 rings (SSSR count). The van der Waals surface area contributed by atoms with E-state index >= 15 is 0 Å². The summed E-state index contributed by atoms with van der Waals surface area (Å²) < 4.78 is 0. The molecule has 2 atom stereocenters. The fourth-order valence-corrected chi connectivity index (χ4v) is 2.61. The molecule has 0 aromatic heterocycles. The maximum atomic E-state index is 11.9. The van der Waals surface area contributed by atoms with Gasteiger partial charge in [0.25, 0.3) is 0 Å². The third-order valence-electron chi connectivity index (χ3n) is 3.80. The van der Waals surface area contributed by atoms with Crippen LogP contribution < -0.4 is 0 Å². The van der Waals surface area contributed by atoms with Gasteiger partial charge in [-0.3, -0.25) is 19.3 Å². The maximum absolute atomic E-state index is 11.9. The van der Waals surface area contributed by atoms with E-state index in [-0.39, 0.29) is 43.0 Å². The summed E-state index contributed by atoms with van der Waals surface area (Å²) in [6.07, 6.45) is 1.59. The molecular formula is C13H20N2O3. The molecule has 5 nitrogen and oxygen atoms in total. The molecule has 0 saturated carbocycles. The van der Waals surface area contributed by atoms with Gasteiger partial charge >= 0.3 is 0 Å². The minimum Gasteiger partial charge on any atom is -0.342 e. The molecular weight excluding hydrogens is 232 g/mol. The molecule has 0 radical (unpaired) electrons. The third-order valence-corrected chi connectivity index (χ3v) is 3.80. The lowest BCUT2D eigenvalue weighted by Gasteiger charge is -2.18. The molecule has 2 aliphatic heterocycles. The highest BCUT2D eigenvalue weighted by Crippen LogP contribution is 2.20. The van der Waals surface area contributed by atoms with E-state index in [1.54, 1.807) is 6.92 Å². The number of hydrogen-bond acceptors (Lipinski definition) is 3. The first-order chi connectivity index (χ1) is 8.49. The standard InChI is InChI=1S/C13H20N2O3/c1-9-3-5-14(8-9)11(16)4-6-15-12(17)7-10(2)13(15)18/h9-10H,3-8H2,1-2H3/t9-,10?/m0/s1. The smallest absolute Gasteiger partial charge is 0.232 e. The van der Waals surface area contributed by atoms with Crippen molar-refractivity contribution >= 4 is 17.7 Å². The van der Waals surface area contributed by atoms with Crippen molar-refractivity contribution in [3.63, 3.8) is 0 Å². The molecule has 2 heterocycles. The highest BCUT2D eigenvalue weighted by molar-refractivity contribution is 6.03. The molecule has 2 fully saturated rings. The molecule has 0 aromatic carbocycles. The molecule has 0 aliphatic carbocycles. The minimum atomic E-state index is -0.223. The lowest BCUT2D eigenvalue weighted by atomic mass is 10.1. The van der Waals surface area contributed by atoms with Crippen LogP contribution >= 0.6 is 0 Å². The van der Waals surface area contributed by atoms with E-state index in [2.05, 4.69) is 6.92 Å². The zero-order chi connectivity index (χ0) is 13.3. The highest BCUT2D eigenvalue weighted by Gasteiger charge is 2.35. The summed E-state index contributed by atoms with van der Waals surface area (Å²) in [6.45, 7) is 5.73. The fourth-order valence-electron chi connectivity index (χ4n) is 2.61. The quantitative estimate of drug-likeness (QED) is 0.693. The van der Waals surface area contributed by atoms with Crippen LogP contribution in [-0.2, 0) is 14.4 Å². The average Bonchev–Trinajstić information content (AvgIpc) is 2.83. The average molecular weight is 252 g/mol. The normalized spacial score (nSPS) is 28.3. The Kier molecular flexibility index (Phi) is 3.68. The molecule has 2 saturated heterocycles. The number of nitrogens with zero attached hydrogens (tertiary/aromatic N) is 2. The molecule has 2 aliphatic rings. The summed E-state index contributed by atoms with van der Waals surface area (Å²) in [6, 6.07) is 0. The number of amides is 3. The van der Waals surface area contributed by atoms with Gasteiger partial charge in [-0.05, 0) is 12.3 Å². The van der Waals surface area contributed by atoms with E-state index < -0.39 is 0 Å². The number of carbonyl (C=O) groups excluding carboxylic acids is 3. The Hall–Kier alpha value is -1.39. The van der Waals surface area contributed by atoms with E-state index in [1.165, 1.54) is 4.90 Å². The van der Waals surface area contributed by atoms with Crippen molar-refractivity contribution in [1.82, 2.24) is 9.80 Å². The Labute approximate surface area is 107 Å². The largest absolute Gasteiger partial charge is 0.342 e. The van der Waals surface area contributed by atoms with Crippen LogP contribution in [0.2, 0.25) is 0 Å². The fraction of sp³-hybridized carbons (Fsp3) is 0.769. The van der Waals surface area contributed by atoms with E-state index in [1.807, 2.05) is 4.90 Å². The summed E-state index contributed by atoms with van der Waals surface area (Å²) in [5.74, 6) is 0.112. The molecule has 3 amide bonds. The van der Waals surface area contributed by atoms with Gasteiger partial charge in [0, 0.05) is 38.4 Å². The van der Waals surface area contributed by atoms with Gasteiger partial charge in [-0.25, -0.2) is 0 Å². The zero-order valence-corrected chi connectivity index (χ0v) is 11.0. The Morgan fingerprint density at radius 2 is 2.06 bits per heavy atom. The van der Waals surface area contributed by atoms with Crippen LogP contribution in [0.3, 0.4) is 0 Å². The van der Waals surface area contributed by atoms with Crippen molar-refractivity contribution in [2.75, 3.05) is 19.6 Å². The second-order valence-electron chi connectivity index (χ2n) is 5.47. The third kappa shape index (κ3) is 2.54. The van der Waals surface area contributed by atoms with Crippen LogP contribution in [0, 0.1) is 11.8 Å². The van der Waals surface area contributed by atoms with Crippen molar-refractivity contribution in [3.05, 3.63) is 0 Å². The van der Waals surface area contributed by atoms with E-state index in [9.17, 15) is 14.4 Å². The van der Waals surface area contributed by atoms with Gasteiger partial charge in [-0.15, -0.1) is 0 Å². The number of rotatable bonds is 3. The highest BCUT2D eigenvalue weighted by atomic mass is 16.2. The predicted molar refractivity (Wildman–Crippen MR) is 65.5 cm³/mol. The molecule has 1 unspecified atom stereocenters. The first-order valence-electron chi connectivity index (χ1n) is 6.61. The van der Waals surface area contributed by atoms with Crippen LogP contribution in [0.4, 0.5) is 0 Å². The van der Waals surface area contributed by atoms with Crippen LogP contribution in [-0.4, -0.2) is 47.2 Å². The molecule has 0 N–H and O–H groups in total.